The topological polar surface area (TPSA) is 78.9 Å². The Hall–Kier alpha value is -3.67. The van der Waals surface area contributed by atoms with Crippen LogP contribution in [0.3, 0.4) is 0 Å². The molecule has 0 radical (unpaired) electrons. The van der Waals surface area contributed by atoms with E-state index < -0.39 is 6.10 Å². The number of carbonyl (C=O) groups excluding carboxylic acids is 3. The van der Waals surface area contributed by atoms with Crippen molar-refractivity contribution in [2.75, 3.05) is 13.2 Å². The highest BCUT2D eigenvalue weighted by Gasteiger charge is 2.19. The quantitative estimate of drug-likeness (QED) is 0.0262. The maximum atomic E-state index is 12.9. The number of allylic oxidation sites excluding steroid dienone is 16. The van der Waals surface area contributed by atoms with E-state index >= 15 is 0 Å². The molecule has 0 unspecified atom stereocenters. The SMILES string of the molecule is CC/C=C\C/C=C\C/C=C\C/C=C\C/C=C\CCCC(=O)OC[C@H](COC(=O)CCCCCCCCC/C=C\C/C=C\CCCCC)OC(=O)CCCCCCCCC/C=C\CCCCCCCC. The van der Waals surface area contributed by atoms with E-state index in [1.54, 1.807) is 0 Å². The van der Waals surface area contributed by atoms with Crippen LogP contribution < -0.4 is 0 Å². The number of ether oxygens (including phenoxy) is 3. The van der Waals surface area contributed by atoms with Gasteiger partial charge in [0.05, 0.1) is 0 Å². The molecular formula is C63H106O6. The summed E-state index contributed by atoms with van der Waals surface area (Å²) in [6.45, 7) is 6.45. The van der Waals surface area contributed by atoms with Crippen LogP contribution in [0.1, 0.15) is 265 Å². The smallest absolute Gasteiger partial charge is 0.306 e. The Bertz CT molecular complexity index is 1380. The fourth-order valence-corrected chi connectivity index (χ4v) is 7.74. The average molecular weight is 960 g/mol. The Balaban J connectivity index is 4.49. The van der Waals surface area contributed by atoms with Gasteiger partial charge in [0.2, 0.25) is 0 Å². The molecule has 0 N–H and O–H groups in total. The molecule has 0 amide bonds. The molecule has 0 bridgehead atoms. The van der Waals surface area contributed by atoms with Gasteiger partial charge < -0.3 is 14.2 Å². The summed E-state index contributed by atoms with van der Waals surface area (Å²) in [6.07, 6.45) is 75.4. The van der Waals surface area contributed by atoms with E-state index in [1.165, 1.54) is 128 Å². The largest absolute Gasteiger partial charge is 0.462 e. The van der Waals surface area contributed by atoms with Gasteiger partial charge >= 0.3 is 17.9 Å². The van der Waals surface area contributed by atoms with E-state index in [1.807, 2.05) is 0 Å². The van der Waals surface area contributed by atoms with Crippen molar-refractivity contribution in [3.8, 4) is 0 Å². The number of hydrogen-bond acceptors (Lipinski definition) is 6. The highest BCUT2D eigenvalue weighted by molar-refractivity contribution is 5.71. The zero-order valence-corrected chi connectivity index (χ0v) is 45.0. The molecular weight excluding hydrogens is 853 g/mol. The zero-order valence-electron chi connectivity index (χ0n) is 45.0. The van der Waals surface area contributed by atoms with Crippen LogP contribution in [-0.4, -0.2) is 37.2 Å². The predicted molar refractivity (Wildman–Crippen MR) is 297 cm³/mol. The Labute approximate surface area is 426 Å². The first-order valence-electron chi connectivity index (χ1n) is 28.7. The van der Waals surface area contributed by atoms with Crippen molar-refractivity contribution in [3.05, 3.63) is 97.2 Å². The first-order valence-corrected chi connectivity index (χ1v) is 28.7. The molecule has 0 saturated carbocycles. The first kappa shape index (κ1) is 65.3. The number of carbonyl (C=O) groups is 3. The molecule has 394 valence electrons. The zero-order chi connectivity index (χ0) is 50.0. The Morgan fingerprint density at radius 2 is 0.580 bits per heavy atom. The van der Waals surface area contributed by atoms with Crippen LogP contribution in [0.2, 0.25) is 0 Å². The Morgan fingerprint density at radius 1 is 0.304 bits per heavy atom. The molecule has 6 nitrogen and oxygen atoms in total. The predicted octanol–water partition coefficient (Wildman–Crippen LogP) is 19.3. The molecule has 0 aromatic heterocycles. The summed E-state index contributed by atoms with van der Waals surface area (Å²) in [7, 11) is 0. The molecule has 0 aliphatic carbocycles. The lowest BCUT2D eigenvalue weighted by atomic mass is 10.1. The molecule has 0 aromatic rings. The fourth-order valence-electron chi connectivity index (χ4n) is 7.74. The minimum Gasteiger partial charge on any atom is -0.462 e. The van der Waals surface area contributed by atoms with Gasteiger partial charge in [-0.15, -0.1) is 0 Å². The Morgan fingerprint density at radius 3 is 0.986 bits per heavy atom. The molecule has 0 spiro atoms. The summed E-state index contributed by atoms with van der Waals surface area (Å²) >= 11 is 0. The standard InChI is InChI=1S/C63H106O6/c1-4-7-10-13-16-19-22-25-28-31-34-37-40-43-46-49-52-55-61(64)67-58-60(69-63(66)57-54-51-48-45-42-39-36-33-30-27-24-21-18-15-12-9-6-3)59-68-62(65)56-53-50-47-44-41-38-35-32-29-26-23-20-17-14-11-8-5-2/h7,10,16-17,19-20,25-30,34,37,43,46,60H,4-6,8-9,11-15,18,21-24,31-33,35-36,38-42,44-45,47-59H2,1-3H3/b10-7-,19-16-,20-17-,28-25-,29-26-,30-27-,37-34-,46-43-/t60-/m1/s1. The lowest BCUT2D eigenvalue weighted by Crippen LogP contribution is -2.30. The molecule has 6 heteroatoms. The monoisotopic (exact) mass is 959 g/mol. The maximum absolute atomic E-state index is 12.9. The maximum Gasteiger partial charge on any atom is 0.306 e. The molecule has 69 heavy (non-hydrogen) atoms. The third-order valence-electron chi connectivity index (χ3n) is 12.0. The summed E-state index contributed by atoms with van der Waals surface area (Å²) in [4.78, 5) is 38.2. The highest BCUT2D eigenvalue weighted by atomic mass is 16.6. The van der Waals surface area contributed by atoms with Crippen LogP contribution in [0, 0.1) is 0 Å². The van der Waals surface area contributed by atoms with Crippen LogP contribution in [0.25, 0.3) is 0 Å². The van der Waals surface area contributed by atoms with Crippen LogP contribution >= 0.6 is 0 Å². The van der Waals surface area contributed by atoms with E-state index in [-0.39, 0.29) is 37.5 Å². The third-order valence-corrected chi connectivity index (χ3v) is 12.0. The van der Waals surface area contributed by atoms with Gasteiger partial charge in [0.15, 0.2) is 6.10 Å². The fraction of sp³-hybridized carbons (Fsp3) is 0.698. The van der Waals surface area contributed by atoms with Crippen LogP contribution in [0.5, 0.6) is 0 Å². The average Bonchev–Trinajstić information content (AvgIpc) is 3.35. The van der Waals surface area contributed by atoms with E-state index in [2.05, 4.69) is 118 Å². The first-order chi connectivity index (χ1) is 34.0. The van der Waals surface area contributed by atoms with Gasteiger partial charge in [-0.1, -0.05) is 227 Å². The van der Waals surface area contributed by atoms with E-state index in [0.29, 0.717) is 19.3 Å². The van der Waals surface area contributed by atoms with E-state index in [9.17, 15) is 14.4 Å². The second kappa shape index (κ2) is 56.9. The van der Waals surface area contributed by atoms with Crippen molar-refractivity contribution < 1.29 is 28.6 Å². The second-order valence-corrected chi connectivity index (χ2v) is 18.8. The van der Waals surface area contributed by atoms with Gasteiger partial charge in [0, 0.05) is 19.3 Å². The van der Waals surface area contributed by atoms with Gasteiger partial charge in [-0.05, 0) is 116 Å². The van der Waals surface area contributed by atoms with Gasteiger partial charge in [0.1, 0.15) is 13.2 Å². The normalized spacial score (nSPS) is 12.8. The van der Waals surface area contributed by atoms with Gasteiger partial charge in [-0.3, -0.25) is 14.4 Å². The number of hydrogen-bond donors (Lipinski definition) is 0. The van der Waals surface area contributed by atoms with Crippen molar-refractivity contribution in [1.29, 1.82) is 0 Å². The van der Waals surface area contributed by atoms with Crippen molar-refractivity contribution in [3.63, 3.8) is 0 Å². The van der Waals surface area contributed by atoms with E-state index in [0.717, 1.165) is 89.9 Å². The summed E-state index contributed by atoms with van der Waals surface area (Å²) in [5.74, 6) is -0.970. The van der Waals surface area contributed by atoms with Crippen LogP contribution in [0.4, 0.5) is 0 Å². The molecule has 0 fully saturated rings. The second-order valence-electron chi connectivity index (χ2n) is 18.8. The summed E-state index contributed by atoms with van der Waals surface area (Å²) in [6, 6.07) is 0. The van der Waals surface area contributed by atoms with Crippen molar-refractivity contribution in [1.82, 2.24) is 0 Å². The molecule has 0 aliphatic heterocycles. The Kier molecular flexibility index (Phi) is 53.9. The van der Waals surface area contributed by atoms with Crippen LogP contribution in [0.15, 0.2) is 97.2 Å². The number of unbranched alkanes of at least 4 members (excludes halogenated alkanes) is 24. The number of rotatable bonds is 51. The molecule has 1 atom stereocenters. The van der Waals surface area contributed by atoms with Gasteiger partial charge in [-0.25, -0.2) is 0 Å². The lowest BCUT2D eigenvalue weighted by Gasteiger charge is -2.18. The summed E-state index contributed by atoms with van der Waals surface area (Å²) < 4.78 is 16.8. The minimum atomic E-state index is -0.807. The highest BCUT2D eigenvalue weighted by Crippen LogP contribution is 2.14. The molecule has 0 saturated heterocycles. The van der Waals surface area contributed by atoms with Crippen molar-refractivity contribution in [2.24, 2.45) is 0 Å². The van der Waals surface area contributed by atoms with Crippen LogP contribution in [-0.2, 0) is 28.6 Å². The van der Waals surface area contributed by atoms with Gasteiger partial charge in [-0.2, -0.15) is 0 Å². The third kappa shape index (κ3) is 55.1. The van der Waals surface area contributed by atoms with Crippen molar-refractivity contribution in [2.45, 2.75) is 271 Å². The molecule has 0 heterocycles. The molecule has 0 aromatic carbocycles. The van der Waals surface area contributed by atoms with Gasteiger partial charge in [0.25, 0.3) is 0 Å². The summed E-state index contributed by atoms with van der Waals surface area (Å²) in [5.41, 5.74) is 0. The van der Waals surface area contributed by atoms with Crippen molar-refractivity contribution >= 4 is 17.9 Å². The summed E-state index contributed by atoms with van der Waals surface area (Å²) in [5, 5.41) is 0. The molecule has 0 rings (SSSR count). The lowest BCUT2D eigenvalue weighted by molar-refractivity contribution is -0.167. The molecule has 0 aliphatic rings. The minimum absolute atomic E-state index is 0.101. The number of esters is 3. The van der Waals surface area contributed by atoms with E-state index in [4.69, 9.17) is 14.2 Å².